The van der Waals surface area contributed by atoms with Gasteiger partial charge in [-0.05, 0) is 36.5 Å². The van der Waals surface area contributed by atoms with Gasteiger partial charge in [-0.1, -0.05) is 6.92 Å². The summed E-state index contributed by atoms with van der Waals surface area (Å²) in [5.41, 5.74) is 0.578. The molecule has 0 unspecified atom stereocenters. The van der Waals surface area contributed by atoms with Crippen molar-refractivity contribution in [1.29, 1.82) is 0 Å². The average Bonchev–Trinajstić information content (AvgIpc) is 2.54. The standard InChI is InChI=1S/C8H14O/c1-8(6-2-3-6)4-7(8)5-9/h6-7,9H,2-5H2,1H3/t7-,8+/m0/s1. The van der Waals surface area contributed by atoms with Crippen LogP contribution in [0.25, 0.3) is 0 Å². The Hall–Kier alpha value is -0.0400. The molecule has 2 aliphatic rings. The van der Waals surface area contributed by atoms with Gasteiger partial charge in [-0.15, -0.1) is 0 Å². The van der Waals surface area contributed by atoms with Crippen molar-refractivity contribution in [2.45, 2.75) is 26.2 Å². The highest BCUT2D eigenvalue weighted by Crippen LogP contribution is 2.64. The lowest BCUT2D eigenvalue weighted by Crippen LogP contribution is -2.02. The van der Waals surface area contributed by atoms with Crippen molar-refractivity contribution in [3.05, 3.63) is 0 Å². The van der Waals surface area contributed by atoms with Crippen LogP contribution in [-0.2, 0) is 0 Å². The molecule has 1 heteroatoms. The van der Waals surface area contributed by atoms with E-state index in [2.05, 4.69) is 6.92 Å². The molecule has 1 N–H and O–H groups in total. The van der Waals surface area contributed by atoms with Crippen LogP contribution in [0.3, 0.4) is 0 Å². The van der Waals surface area contributed by atoms with Crippen molar-refractivity contribution in [3.63, 3.8) is 0 Å². The van der Waals surface area contributed by atoms with E-state index in [-0.39, 0.29) is 0 Å². The van der Waals surface area contributed by atoms with Crippen LogP contribution < -0.4 is 0 Å². The van der Waals surface area contributed by atoms with Gasteiger partial charge in [-0.2, -0.15) is 0 Å². The van der Waals surface area contributed by atoms with Gasteiger partial charge in [0, 0.05) is 6.61 Å². The van der Waals surface area contributed by atoms with E-state index in [9.17, 15) is 0 Å². The molecule has 0 amide bonds. The van der Waals surface area contributed by atoms with Gasteiger partial charge in [0.25, 0.3) is 0 Å². The minimum Gasteiger partial charge on any atom is -0.396 e. The Balaban J connectivity index is 1.95. The van der Waals surface area contributed by atoms with Gasteiger partial charge >= 0.3 is 0 Å². The maximum Gasteiger partial charge on any atom is 0.0464 e. The molecule has 0 bridgehead atoms. The molecule has 52 valence electrons. The molecule has 2 fully saturated rings. The van der Waals surface area contributed by atoms with Crippen LogP contribution in [0, 0.1) is 17.3 Å². The summed E-state index contributed by atoms with van der Waals surface area (Å²) in [6, 6.07) is 0. The molecule has 0 aromatic heterocycles. The third-order valence-corrected chi connectivity index (χ3v) is 3.19. The molecule has 0 radical (unpaired) electrons. The molecule has 2 aliphatic carbocycles. The van der Waals surface area contributed by atoms with Gasteiger partial charge in [0.05, 0.1) is 0 Å². The van der Waals surface area contributed by atoms with Gasteiger partial charge in [-0.25, -0.2) is 0 Å². The Bertz CT molecular complexity index is 129. The summed E-state index contributed by atoms with van der Waals surface area (Å²) in [6.45, 7) is 2.75. The normalized spacial score (nSPS) is 49.3. The number of hydrogen-bond donors (Lipinski definition) is 1. The summed E-state index contributed by atoms with van der Waals surface area (Å²) in [5.74, 6) is 1.64. The zero-order chi connectivity index (χ0) is 6.48. The minimum absolute atomic E-state index is 0.424. The molecule has 0 spiro atoms. The Morgan fingerprint density at radius 1 is 1.56 bits per heavy atom. The molecule has 0 aromatic rings. The van der Waals surface area contributed by atoms with Gasteiger partial charge in [0.1, 0.15) is 0 Å². The summed E-state index contributed by atoms with van der Waals surface area (Å²) in [5, 5.41) is 8.82. The van der Waals surface area contributed by atoms with E-state index in [4.69, 9.17) is 5.11 Å². The Kier molecular flexibility index (Phi) is 0.963. The molecular formula is C8H14O. The summed E-state index contributed by atoms with van der Waals surface area (Å²) in [4.78, 5) is 0. The van der Waals surface area contributed by atoms with Crippen molar-refractivity contribution in [3.8, 4) is 0 Å². The van der Waals surface area contributed by atoms with E-state index in [1.165, 1.54) is 19.3 Å². The second-order valence-electron chi connectivity index (χ2n) is 3.86. The van der Waals surface area contributed by atoms with Crippen LogP contribution in [0.15, 0.2) is 0 Å². The Morgan fingerprint density at radius 2 is 2.22 bits per heavy atom. The monoisotopic (exact) mass is 126 g/mol. The van der Waals surface area contributed by atoms with Gasteiger partial charge < -0.3 is 5.11 Å². The zero-order valence-electron chi connectivity index (χ0n) is 5.93. The van der Waals surface area contributed by atoms with Crippen LogP contribution >= 0.6 is 0 Å². The predicted molar refractivity (Wildman–Crippen MR) is 36.0 cm³/mol. The first-order chi connectivity index (χ1) is 4.27. The molecule has 9 heavy (non-hydrogen) atoms. The predicted octanol–water partition coefficient (Wildman–Crippen LogP) is 1.41. The van der Waals surface area contributed by atoms with Crippen molar-refractivity contribution in [1.82, 2.24) is 0 Å². The Morgan fingerprint density at radius 3 is 2.56 bits per heavy atom. The molecule has 2 rings (SSSR count). The van der Waals surface area contributed by atoms with E-state index in [1.807, 2.05) is 0 Å². The maximum absolute atomic E-state index is 8.82. The maximum atomic E-state index is 8.82. The van der Waals surface area contributed by atoms with Crippen molar-refractivity contribution < 1.29 is 5.11 Å². The minimum atomic E-state index is 0.424. The SMILES string of the molecule is C[C@]1(C2CC2)C[C@H]1CO. The van der Waals surface area contributed by atoms with E-state index >= 15 is 0 Å². The topological polar surface area (TPSA) is 20.2 Å². The Labute approximate surface area is 56.1 Å². The van der Waals surface area contributed by atoms with Crippen molar-refractivity contribution in [2.75, 3.05) is 6.61 Å². The second kappa shape index (κ2) is 1.51. The lowest BCUT2D eigenvalue weighted by molar-refractivity contribution is 0.245. The first kappa shape index (κ1) is 5.72. The number of hydrogen-bond acceptors (Lipinski definition) is 1. The van der Waals surface area contributed by atoms with E-state index < -0.39 is 0 Å². The number of rotatable bonds is 2. The van der Waals surface area contributed by atoms with Gasteiger partial charge in [0.15, 0.2) is 0 Å². The molecule has 0 heterocycles. The summed E-state index contributed by atoms with van der Waals surface area (Å²) < 4.78 is 0. The average molecular weight is 126 g/mol. The smallest absolute Gasteiger partial charge is 0.0464 e. The van der Waals surface area contributed by atoms with Crippen LogP contribution in [0.2, 0.25) is 0 Å². The first-order valence-corrected chi connectivity index (χ1v) is 3.88. The molecule has 2 saturated carbocycles. The highest BCUT2D eigenvalue weighted by atomic mass is 16.3. The highest BCUT2D eigenvalue weighted by molar-refractivity contribution is 5.06. The quantitative estimate of drug-likeness (QED) is 0.593. The van der Waals surface area contributed by atoms with Gasteiger partial charge in [0.2, 0.25) is 0 Å². The summed E-state index contributed by atoms with van der Waals surface area (Å²) in [6.07, 6.45) is 4.13. The largest absolute Gasteiger partial charge is 0.396 e. The summed E-state index contributed by atoms with van der Waals surface area (Å²) >= 11 is 0. The van der Waals surface area contributed by atoms with Crippen LogP contribution in [0.1, 0.15) is 26.2 Å². The third-order valence-electron chi connectivity index (χ3n) is 3.19. The van der Waals surface area contributed by atoms with E-state index in [1.54, 1.807) is 0 Å². The first-order valence-electron chi connectivity index (χ1n) is 3.88. The third kappa shape index (κ3) is 0.710. The van der Waals surface area contributed by atoms with Gasteiger partial charge in [-0.3, -0.25) is 0 Å². The number of aliphatic hydroxyl groups excluding tert-OH is 1. The molecule has 0 aromatic carbocycles. The molecule has 0 saturated heterocycles. The second-order valence-corrected chi connectivity index (χ2v) is 3.86. The van der Waals surface area contributed by atoms with E-state index in [0.717, 1.165) is 5.92 Å². The van der Waals surface area contributed by atoms with Crippen molar-refractivity contribution in [2.24, 2.45) is 17.3 Å². The van der Waals surface area contributed by atoms with Crippen LogP contribution in [-0.4, -0.2) is 11.7 Å². The zero-order valence-corrected chi connectivity index (χ0v) is 5.93. The molecular weight excluding hydrogens is 112 g/mol. The highest BCUT2D eigenvalue weighted by Gasteiger charge is 2.57. The molecule has 0 aliphatic heterocycles. The van der Waals surface area contributed by atoms with Crippen LogP contribution in [0.4, 0.5) is 0 Å². The van der Waals surface area contributed by atoms with Crippen molar-refractivity contribution >= 4 is 0 Å². The molecule has 1 nitrogen and oxygen atoms in total. The number of aliphatic hydroxyl groups is 1. The fourth-order valence-corrected chi connectivity index (χ4v) is 1.99. The lowest BCUT2D eigenvalue weighted by Gasteiger charge is -2.05. The van der Waals surface area contributed by atoms with Crippen LogP contribution in [0.5, 0.6) is 0 Å². The fourth-order valence-electron chi connectivity index (χ4n) is 1.99. The molecule has 2 atom stereocenters. The summed E-state index contributed by atoms with van der Waals surface area (Å²) in [7, 11) is 0. The lowest BCUT2D eigenvalue weighted by atomic mass is 10.0. The fraction of sp³-hybridized carbons (Fsp3) is 1.00. The van der Waals surface area contributed by atoms with E-state index in [0.29, 0.717) is 17.9 Å².